The Morgan fingerprint density at radius 1 is 1.00 bits per heavy atom. The molecule has 2 aliphatic rings. The zero-order valence-corrected chi connectivity index (χ0v) is 19.7. The van der Waals surface area contributed by atoms with Gasteiger partial charge in [-0.3, -0.25) is 9.88 Å². The maximum Gasteiger partial charge on any atom is 0.0602 e. The number of ether oxygens (including phenoxy) is 1. The quantitative estimate of drug-likeness (QED) is 0.669. The molecule has 3 rings (SSSR count). The molecule has 4 heteroatoms. The van der Waals surface area contributed by atoms with Crippen molar-refractivity contribution >= 4 is 0 Å². The Kier molecular flexibility index (Phi) is 7.40. The van der Waals surface area contributed by atoms with Gasteiger partial charge in [0.2, 0.25) is 0 Å². The second-order valence-corrected chi connectivity index (χ2v) is 11.2. The third-order valence-corrected chi connectivity index (χ3v) is 6.35. The van der Waals surface area contributed by atoms with E-state index in [0.717, 1.165) is 18.8 Å². The summed E-state index contributed by atoms with van der Waals surface area (Å²) in [6, 6.07) is 4.54. The summed E-state index contributed by atoms with van der Waals surface area (Å²) < 4.78 is 6.06. The van der Waals surface area contributed by atoms with Gasteiger partial charge >= 0.3 is 0 Å². The number of hydrogen-bond acceptors (Lipinski definition) is 4. The van der Waals surface area contributed by atoms with Gasteiger partial charge in [0.15, 0.2) is 0 Å². The van der Waals surface area contributed by atoms with E-state index in [9.17, 15) is 0 Å². The highest BCUT2D eigenvalue weighted by Crippen LogP contribution is 2.35. The third kappa shape index (κ3) is 7.34. The lowest BCUT2D eigenvalue weighted by Gasteiger charge is -2.42. The zero-order valence-electron chi connectivity index (χ0n) is 19.7. The molecule has 164 valence electrons. The maximum atomic E-state index is 6.06. The zero-order chi connectivity index (χ0) is 21.1. The average molecular weight is 402 g/mol. The standard InChI is InChI=1S/C25H43N3O/c1-24(2,3)28-14-12-27(13-15-28)11-7-8-22-10-9-20(19-26-22)16-21-17-23(18-21)29-25(4,5)6/h9-10,19,21,23H,7-8,11-18H2,1-6H3. The Hall–Kier alpha value is -0.970. The van der Waals surface area contributed by atoms with Crippen molar-refractivity contribution in [2.24, 2.45) is 5.92 Å². The lowest BCUT2D eigenvalue weighted by Crippen LogP contribution is -2.53. The largest absolute Gasteiger partial charge is 0.373 e. The van der Waals surface area contributed by atoms with Gasteiger partial charge in [-0.1, -0.05) is 6.07 Å². The Bertz CT molecular complexity index is 615. The molecule has 0 N–H and O–H groups in total. The molecule has 0 radical (unpaired) electrons. The number of nitrogens with zero attached hydrogens (tertiary/aromatic N) is 3. The molecule has 1 aliphatic carbocycles. The van der Waals surface area contributed by atoms with Gasteiger partial charge in [-0.25, -0.2) is 0 Å². The summed E-state index contributed by atoms with van der Waals surface area (Å²) in [4.78, 5) is 9.95. The molecule has 2 heterocycles. The highest BCUT2D eigenvalue weighted by atomic mass is 16.5. The predicted molar refractivity (Wildman–Crippen MR) is 121 cm³/mol. The third-order valence-electron chi connectivity index (χ3n) is 6.35. The molecule has 0 amide bonds. The van der Waals surface area contributed by atoms with Crippen molar-refractivity contribution in [1.82, 2.24) is 14.8 Å². The predicted octanol–water partition coefficient (Wildman–Crippen LogP) is 4.57. The van der Waals surface area contributed by atoms with Gasteiger partial charge in [0.1, 0.15) is 0 Å². The van der Waals surface area contributed by atoms with E-state index >= 15 is 0 Å². The highest BCUT2D eigenvalue weighted by molar-refractivity contribution is 5.15. The van der Waals surface area contributed by atoms with E-state index in [4.69, 9.17) is 9.72 Å². The minimum Gasteiger partial charge on any atom is -0.373 e. The van der Waals surface area contributed by atoms with E-state index in [1.54, 1.807) is 0 Å². The van der Waals surface area contributed by atoms with Crippen LogP contribution in [0.4, 0.5) is 0 Å². The van der Waals surface area contributed by atoms with E-state index in [2.05, 4.69) is 69.7 Å². The summed E-state index contributed by atoms with van der Waals surface area (Å²) in [6.07, 6.45) is 8.40. The lowest BCUT2D eigenvalue weighted by atomic mass is 9.78. The second kappa shape index (κ2) is 9.45. The first-order chi connectivity index (χ1) is 13.6. The number of piperazine rings is 1. The summed E-state index contributed by atoms with van der Waals surface area (Å²) in [7, 11) is 0. The molecule has 0 spiro atoms. The fourth-order valence-corrected chi connectivity index (χ4v) is 4.62. The minimum absolute atomic E-state index is 0.0149. The molecule has 1 aromatic heterocycles. The number of rotatable bonds is 7. The van der Waals surface area contributed by atoms with Gasteiger partial charge in [-0.15, -0.1) is 0 Å². The summed E-state index contributed by atoms with van der Waals surface area (Å²) in [5.74, 6) is 0.766. The SMILES string of the molecule is CC(C)(C)OC1CC(Cc2ccc(CCCN3CCN(C(C)(C)C)CC3)nc2)C1. The molecule has 1 saturated heterocycles. The van der Waals surface area contributed by atoms with Crippen LogP contribution in [0, 0.1) is 5.92 Å². The van der Waals surface area contributed by atoms with Gasteiger partial charge in [0.25, 0.3) is 0 Å². The van der Waals surface area contributed by atoms with E-state index in [1.165, 1.54) is 63.2 Å². The Labute approximate surface area is 179 Å². The first kappa shape index (κ1) is 22.7. The summed E-state index contributed by atoms with van der Waals surface area (Å²) in [5, 5.41) is 0. The topological polar surface area (TPSA) is 28.6 Å². The van der Waals surface area contributed by atoms with Crippen molar-refractivity contribution in [3.63, 3.8) is 0 Å². The highest BCUT2D eigenvalue weighted by Gasteiger charge is 2.32. The van der Waals surface area contributed by atoms with Crippen LogP contribution in [0.3, 0.4) is 0 Å². The number of hydrogen-bond donors (Lipinski definition) is 0. The maximum absolute atomic E-state index is 6.06. The van der Waals surface area contributed by atoms with Crippen LogP contribution >= 0.6 is 0 Å². The van der Waals surface area contributed by atoms with E-state index in [-0.39, 0.29) is 5.60 Å². The molecule has 1 aliphatic heterocycles. The van der Waals surface area contributed by atoms with Crippen LogP contribution in [0.1, 0.15) is 72.1 Å². The number of aromatic nitrogens is 1. The second-order valence-electron chi connectivity index (χ2n) is 11.2. The first-order valence-electron chi connectivity index (χ1n) is 11.7. The fourth-order valence-electron chi connectivity index (χ4n) is 4.62. The van der Waals surface area contributed by atoms with Crippen molar-refractivity contribution in [1.29, 1.82) is 0 Å². The normalized spacial score (nSPS) is 24.5. The molecule has 0 atom stereocenters. The monoisotopic (exact) mass is 401 g/mol. The van der Waals surface area contributed by atoms with Crippen molar-refractivity contribution in [3.05, 3.63) is 29.6 Å². The summed E-state index contributed by atoms with van der Waals surface area (Å²) >= 11 is 0. The number of aryl methyl sites for hydroxylation is 1. The van der Waals surface area contributed by atoms with E-state index in [1.807, 2.05) is 0 Å². The van der Waals surface area contributed by atoms with Gasteiger partial charge < -0.3 is 9.64 Å². The summed E-state index contributed by atoms with van der Waals surface area (Å²) in [5.41, 5.74) is 2.91. The van der Waals surface area contributed by atoms with Crippen LogP contribution < -0.4 is 0 Å². The number of pyridine rings is 1. The van der Waals surface area contributed by atoms with Crippen molar-refractivity contribution in [2.75, 3.05) is 32.7 Å². The Morgan fingerprint density at radius 3 is 2.24 bits per heavy atom. The summed E-state index contributed by atoms with van der Waals surface area (Å²) in [6.45, 7) is 19.4. The molecule has 1 aromatic rings. The van der Waals surface area contributed by atoms with Crippen LogP contribution in [-0.4, -0.2) is 64.8 Å². The molecular formula is C25H43N3O. The molecule has 0 aromatic carbocycles. The van der Waals surface area contributed by atoms with Crippen molar-refractivity contribution in [3.8, 4) is 0 Å². The molecule has 29 heavy (non-hydrogen) atoms. The van der Waals surface area contributed by atoms with Crippen LogP contribution in [0.15, 0.2) is 18.3 Å². The van der Waals surface area contributed by atoms with Crippen molar-refractivity contribution < 1.29 is 4.74 Å². The molecule has 0 unspecified atom stereocenters. The molecule has 2 fully saturated rings. The van der Waals surface area contributed by atoms with Crippen LogP contribution in [0.25, 0.3) is 0 Å². The lowest BCUT2D eigenvalue weighted by molar-refractivity contribution is -0.111. The average Bonchev–Trinajstić information content (AvgIpc) is 2.60. The molecule has 1 saturated carbocycles. The van der Waals surface area contributed by atoms with Gasteiger partial charge in [-0.05, 0) is 97.7 Å². The fraction of sp³-hybridized carbons (Fsp3) is 0.800. The van der Waals surface area contributed by atoms with Gasteiger partial charge in [0.05, 0.1) is 11.7 Å². The van der Waals surface area contributed by atoms with E-state index < -0.39 is 0 Å². The molecule has 0 bridgehead atoms. The molecular weight excluding hydrogens is 358 g/mol. The van der Waals surface area contributed by atoms with E-state index in [0.29, 0.717) is 11.6 Å². The van der Waals surface area contributed by atoms with Crippen LogP contribution in [0.2, 0.25) is 0 Å². The van der Waals surface area contributed by atoms with Crippen LogP contribution in [-0.2, 0) is 17.6 Å². The molecule has 4 nitrogen and oxygen atoms in total. The Balaban J connectivity index is 1.31. The van der Waals surface area contributed by atoms with Crippen molar-refractivity contribution in [2.45, 2.75) is 90.9 Å². The van der Waals surface area contributed by atoms with Gasteiger partial charge in [0, 0.05) is 43.6 Å². The van der Waals surface area contributed by atoms with Gasteiger partial charge in [-0.2, -0.15) is 0 Å². The smallest absolute Gasteiger partial charge is 0.0602 e. The van der Waals surface area contributed by atoms with Crippen LogP contribution in [0.5, 0.6) is 0 Å². The minimum atomic E-state index is -0.0149. The first-order valence-corrected chi connectivity index (χ1v) is 11.7. The Morgan fingerprint density at radius 2 is 1.69 bits per heavy atom.